The molecule has 0 spiro atoms. The molecule has 11 heteroatoms. The summed E-state index contributed by atoms with van der Waals surface area (Å²) in [5.41, 5.74) is -0.675. The van der Waals surface area contributed by atoms with Gasteiger partial charge in [-0.2, -0.15) is 0 Å². The maximum Gasteiger partial charge on any atom is 0.329 e. The van der Waals surface area contributed by atoms with Crippen LogP contribution < -0.4 is 10.6 Å². The van der Waals surface area contributed by atoms with Crippen LogP contribution in [0.2, 0.25) is 0 Å². The van der Waals surface area contributed by atoms with Gasteiger partial charge in [0.15, 0.2) is 0 Å². The average molecular weight is 506 g/mol. The second-order valence-corrected chi connectivity index (χ2v) is 10.6. The molecule has 11 nitrogen and oxygen atoms in total. The van der Waals surface area contributed by atoms with E-state index in [1.54, 1.807) is 41.5 Å². The Morgan fingerprint density at radius 3 is 2.39 bits per heavy atom. The lowest BCUT2D eigenvalue weighted by molar-refractivity contribution is -0.156. The van der Waals surface area contributed by atoms with E-state index in [4.69, 9.17) is 4.74 Å². The summed E-state index contributed by atoms with van der Waals surface area (Å²) in [6.45, 7) is 12.6. The van der Waals surface area contributed by atoms with E-state index < -0.39 is 59.3 Å². The molecule has 3 amide bonds. The lowest BCUT2D eigenvalue weighted by Crippen LogP contribution is -2.61. The van der Waals surface area contributed by atoms with Gasteiger partial charge in [0.25, 0.3) is 5.91 Å². The van der Waals surface area contributed by atoms with Gasteiger partial charge in [0.1, 0.15) is 23.8 Å². The molecule has 0 aliphatic carbocycles. The summed E-state index contributed by atoms with van der Waals surface area (Å²) in [4.78, 5) is 61.6. The lowest BCUT2D eigenvalue weighted by Gasteiger charge is -2.36. The van der Waals surface area contributed by atoms with Crippen molar-refractivity contribution < 1.29 is 29.0 Å². The second kappa shape index (κ2) is 12.2. The molecule has 0 bridgehead atoms. The van der Waals surface area contributed by atoms with E-state index in [0.29, 0.717) is 6.42 Å². The van der Waals surface area contributed by atoms with E-state index in [0.717, 1.165) is 0 Å². The minimum absolute atomic E-state index is 0.0502. The first-order valence-electron chi connectivity index (χ1n) is 12.3. The van der Waals surface area contributed by atoms with Crippen LogP contribution in [0, 0.1) is 17.3 Å². The van der Waals surface area contributed by atoms with Gasteiger partial charge in [-0.25, -0.2) is 9.78 Å². The van der Waals surface area contributed by atoms with Gasteiger partial charge in [0.2, 0.25) is 11.8 Å². The van der Waals surface area contributed by atoms with Crippen LogP contribution in [-0.2, 0) is 19.1 Å². The summed E-state index contributed by atoms with van der Waals surface area (Å²) < 4.78 is 5.29. The third-order valence-corrected chi connectivity index (χ3v) is 6.23. The molecule has 1 aliphatic rings. The Morgan fingerprint density at radius 1 is 1.19 bits per heavy atom. The van der Waals surface area contributed by atoms with Crippen LogP contribution in [0.15, 0.2) is 18.6 Å². The average Bonchev–Trinajstić information content (AvgIpc) is 3.12. The van der Waals surface area contributed by atoms with Crippen molar-refractivity contribution in [2.45, 2.75) is 79.1 Å². The number of nitrogens with zero attached hydrogens (tertiary/aromatic N) is 3. The SMILES string of the molecule is CCCOC(=O)C1[C@@H](C)[C@@H](O)CN1C(=O)[C@@H](NC(=O)C(NC(=O)c1cnccn1)C(C)C)C(C)(C)C. The predicted octanol–water partition coefficient (Wildman–Crippen LogP) is 0.923. The summed E-state index contributed by atoms with van der Waals surface area (Å²) in [6, 6.07) is -2.94. The van der Waals surface area contributed by atoms with Gasteiger partial charge < -0.3 is 25.4 Å². The highest BCUT2D eigenvalue weighted by Gasteiger charge is 2.49. The van der Waals surface area contributed by atoms with E-state index in [1.165, 1.54) is 23.5 Å². The highest BCUT2D eigenvalue weighted by atomic mass is 16.5. The summed E-state index contributed by atoms with van der Waals surface area (Å²) in [6.07, 6.45) is 3.83. The van der Waals surface area contributed by atoms with Crippen LogP contribution in [0.1, 0.15) is 65.4 Å². The van der Waals surface area contributed by atoms with Gasteiger partial charge in [0.05, 0.1) is 18.9 Å². The molecule has 0 aromatic carbocycles. The number of likely N-dealkylation sites (tertiary alicyclic amines) is 1. The van der Waals surface area contributed by atoms with Gasteiger partial charge in [-0.1, -0.05) is 48.5 Å². The molecule has 1 aromatic heterocycles. The second-order valence-electron chi connectivity index (χ2n) is 10.6. The summed E-state index contributed by atoms with van der Waals surface area (Å²) in [5, 5.41) is 15.9. The van der Waals surface area contributed by atoms with E-state index in [-0.39, 0.29) is 24.8 Å². The molecule has 1 aliphatic heterocycles. The number of carbonyl (C=O) groups excluding carboxylic acids is 4. The molecule has 3 N–H and O–H groups in total. The number of hydrogen-bond donors (Lipinski definition) is 3. The van der Waals surface area contributed by atoms with Crippen molar-refractivity contribution in [3.8, 4) is 0 Å². The molecule has 200 valence electrons. The largest absolute Gasteiger partial charge is 0.464 e. The highest BCUT2D eigenvalue weighted by Crippen LogP contribution is 2.30. The maximum absolute atomic E-state index is 13.7. The fourth-order valence-corrected chi connectivity index (χ4v) is 4.05. The van der Waals surface area contributed by atoms with Gasteiger partial charge in [-0.15, -0.1) is 0 Å². The van der Waals surface area contributed by atoms with E-state index in [1.807, 2.05) is 6.92 Å². The summed E-state index contributed by atoms with van der Waals surface area (Å²) >= 11 is 0. The van der Waals surface area contributed by atoms with Crippen molar-refractivity contribution in [3.05, 3.63) is 24.3 Å². The predicted molar refractivity (Wildman–Crippen MR) is 131 cm³/mol. The van der Waals surface area contributed by atoms with Crippen molar-refractivity contribution >= 4 is 23.7 Å². The Labute approximate surface area is 212 Å². The van der Waals surface area contributed by atoms with E-state index in [2.05, 4.69) is 20.6 Å². The van der Waals surface area contributed by atoms with Gasteiger partial charge in [0, 0.05) is 24.9 Å². The van der Waals surface area contributed by atoms with E-state index in [9.17, 15) is 24.3 Å². The van der Waals surface area contributed by atoms with Crippen molar-refractivity contribution in [1.82, 2.24) is 25.5 Å². The number of nitrogens with one attached hydrogen (secondary N) is 2. The zero-order valence-corrected chi connectivity index (χ0v) is 22.1. The first-order chi connectivity index (χ1) is 16.8. The van der Waals surface area contributed by atoms with Gasteiger partial charge in [-0.3, -0.25) is 19.4 Å². The van der Waals surface area contributed by atoms with Crippen LogP contribution >= 0.6 is 0 Å². The molecule has 2 rings (SSSR count). The fourth-order valence-electron chi connectivity index (χ4n) is 4.05. The number of esters is 1. The number of aliphatic hydroxyl groups excluding tert-OH is 1. The Bertz CT molecular complexity index is 933. The van der Waals surface area contributed by atoms with Crippen molar-refractivity contribution in [3.63, 3.8) is 0 Å². The van der Waals surface area contributed by atoms with E-state index >= 15 is 0 Å². The van der Waals surface area contributed by atoms with Crippen molar-refractivity contribution in [2.24, 2.45) is 17.3 Å². The number of aromatic nitrogens is 2. The fraction of sp³-hybridized carbons (Fsp3) is 0.680. The van der Waals surface area contributed by atoms with Gasteiger partial charge in [-0.05, 0) is 17.8 Å². The molecule has 2 unspecified atom stereocenters. The van der Waals surface area contributed by atoms with Crippen LogP contribution in [-0.4, -0.2) is 81.0 Å². The Balaban J connectivity index is 2.27. The number of ether oxygens (including phenoxy) is 1. The van der Waals surface area contributed by atoms with Crippen LogP contribution in [0.3, 0.4) is 0 Å². The number of amides is 3. The Morgan fingerprint density at radius 2 is 1.86 bits per heavy atom. The number of aliphatic hydroxyl groups is 1. The summed E-state index contributed by atoms with van der Waals surface area (Å²) in [5.74, 6) is -3.01. The Kier molecular flexibility index (Phi) is 9.92. The molecular formula is C25H39N5O6. The minimum atomic E-state index is -1.03. The molecule has 1 fully saturated rings. The number of hydrogen-bond acceptors (Lipinski definition) is 8. The topological polar surface area (TPSA) is 151 Å². The molecule has 1 aromatic rings. The number of rotatable bonds is 9. The van der Waals surface area contributed by atoms with Gasteiger partial charge >= 0.3 is 5.97 Å². The smallest absolute Gasteiger partial charge is 0.329 e. The van der Waals surface area contributed by atoms with Crippen LogP contribution in [0.25, 0.3) is 0 Å². The molecular weight excluding hydrogens is 466 g/mol. The lowest BCUT2D eigenvalue weighted by atomic mass is 9.85. The molecule has 0 saturated carbocycles. The number of carbonyl (C=O) groups is 4. The zero-order chi connectivity index (χ0) is 27.2. The van der Waals surface area contributed by atoms with Crippen LogP contribution in [0.4, 0.5) is 0 Å². The quantitative estimate of drug-likeness (QED) is 0.419. The molecule has 0 radical (unpaired) electrons. The molecule has 5 atom stereocenters. The molecule has 1 saturated heterocycles. The maximum atomic E-state index is 13.7. The normalized spacial score (nSPS) is 21.6. The summed E-state index contributed by atoms with van der Waals surface area (Å²) in [7, 11) is 0. The first kappa shape index (κ1) is 29.2. The molecule has 2 heterocycles. The van der Waals surface area contributed by atoms with Crippen molar-refractivity contribution in [2.75, 3.05) is 13.2 Å². The monoisotopic (exact) mass is 505 g/mol. The zero-order valence-electron chi connectivity index (χ0n) is 22.1. The molecule has 36 heavy (non-hydrogen) atoms. The van der Waals surface area contributed by atoms with Crippen molar-refractivity contribution in [1.29, 1.82) is 0 Å². The standard InChI is InChI=1S/C25H39N5O6/c1-8-11-36-24(35)19-15(4)17(31)13-30(19)23(34)20(25(5,6)7)29-22(33)18(14(2)3)28-21(32)16-12-26-9-10-27-16/h9-10,12,14-15,17-20,31H,8,11,13H2,1-7H3,(H,28,32)(H,29,33)/t15-,17-,18?,19?,20+/m0/s1. The third-order valence-electron chi connectivity index (χ3n) is 6.23. The Hall–Kier alpha value is -3.08. The minimum Gasteiger partial charge on any atom is -0.464 e. The third kappa shape index (κ3) is 6.99. The highest BCUT2D eigenvalue weighted by molar-refractivity contribution is 5.97. The first-order valence-corrected chi connectivity index (χ1v) is 12.3. The number of β-amino-alcohol motifs (C(OH)–C–C–N with tert-alkyl or cyclic N) is 1. The van der Waals surface area contributed by atoms with Crippen LogP contribution in [0.5, 0.6) is 0 Å².